The molecule has 6 heteroatoms. The summed E-state index contributed by atoms with van der Waals surface area (Å²) in [5, 5.41) is 11.9. The summed E-state index contributed by atoms with van der Waals surface area (Å²) in [6.45, 7) is 3.56. The first-order valence-corrected chi connectivity index (χ1v) is 8.36. The van der Waals surface area contributed by atoms with Gasteiger partial charge in [-0.1, -0.05) is 19.8 Å². The van der Waals surface area contributed by atoms with Gasteiger partial charge in [-0.25, -0.2) is 8.42 Å². The van der Waals surface area contributed by atoms with Crippen LogP contribution in [0.5, 0.6) is 0 Å². The lowest BCUT2D eigenvalue weighted by molar-refractivity contribution is -0.144. The predicted octanol–water partition coefficient (Wildman–Crippen LogP) is 1.19. The van der Waals surface area contributed by atoms with Crippen LogP contribution in [-0.2, 0) is 14.6 Å². The zero-order valence-electron chi connectivity index (χ0n) is 11.3. The number of hydrogen-bond acceptors (Lipinski definition) is 4. The molecular weight excluding hydrogens is 254 g/mol. The van der Waals surface area contributed by atoms with Crippen LogP contribution in [0.2, 0.25) is 0 Å². The van der Waals surface area contributed by atoms with Gasteiger partial charge in [-0.3, -0.25) is 10.1 Å². The van der Waals surface area contributed by atoms with E-state index >= 15 is 0 Å². The van der Waals surface area contributed by atoms with E-state index in [1.165, 1.54) is 6.26 Å². The Labute approximate surface area is 109 Å². The summed E-state index contributed by atoms with van der Waals surface area (Å²) in [7, 11) is -3.12. The number of nitrogens with one attached hydrogen (secondary N) is 1. The number of hydrogen-bond donors (Lipinski definition) is 2. The van der Waals surface area contributed by atoms with Crippen molar-refractivity contribution in [3.63, 3.8) is 0 Å². The Bertz CT molecular complexity index is 406. The van der Waals surface area contributed by atoms with Gasteiger partial charge in [0.2, 0.25) is 0 Å². The van der Waals surface area contributed by atoms with Crippen LogP contribution in [0, 0.1) is 0 Å². The number of carbonyl (C=O) groups is 1. The minimum Gasteiger partial charge on any atom is -0.480 e. The zero-order chi connectivity index (χ0) is 14.0. The molecule has 0 amide bonds. The zero-order valence-corrected chi connectivity index (χ0v) is 12.1. The van der Waals surface area contributed by atoms with Gasteiger partial charge in [0, 0.05) is 12.3 Å². The summed E-state index contributed by atoms with van der Waals surface area (Å²) in [5.74, 6) is -0.913. The highest BCUT2D eigenvalue weighted by Gasteiger charge is 2.41. The molecule has 0 radical (unpaired) electrons. The molecule has 0 heterocycles. The lowest BCUT2D eigenvalue weighted by Crippen LogP contribution is -2.56. The van der Waals surface area contributed by atoms with Crippen molar-refractivity contribution < 1.29 is 18.3 Å². The summed E-state index contributed by atoms with van der Waals surface area (Å²) < 4.78 is 23.3. The predicted molar refractivity (Wildman–Crippen MR) is 70.4 cm³/mol. The van der Waals surface area contributed by atoms with E-state index in [-0.39, 0.29) is 6.04 Å². The second kappa shape index (κ2) is 5.57. The van der Waals surface area contributed by atoms with Crippen molar-refractivity contribution in [3.8, 4) is 0 Å². The van der Waals surface area contributed by atoms with Gasteiger partial charge >= 0.3 is 5.97 Å². The van der Waals surface area contributed by atoms with Gasteiger partial charge in [-0.05, 0) is 26.2 Å². The number of carboxylic acid groups (broad SMARTS) is 1. The first kappa shape index (κ1) is 15.4. The second-order valence-electron chi connectivity index (χ2n) is 5.44. The maximum Gasteiger partial charge on any atom is 0.323 e. The molecule has 0 spiro atoms. The van der Waals surface area contributed by atoms with Gasteiger partial charge in [0.05, 0.1) is 5.25 Å². The fourth-order valence-corrected chi connectivity index (χ4v) is 4.15. The molecule has 0 aromatic rings. The highest BCUT2D eigenvalue weighted by atomic mass is 32.2. The minimum absolute atomic E-state index is 0.243. The molecule has 0 aliphatic heterocycles. The van der Waals surface area contributed by atoms with Crippen LogP contribution < -0.4 is 5.32 Å². The van der Waals surface area contributed by atoms with Gasteiger partial charge in [0.1, 0.15) is 5.54 Å². The molecule has 1 fully saturated rings. The van der Waals surface area contributed by atoms with Crippen LogP contribution in [-0.4, -0.2) is 42.6 Å². The minimum atomic E-state index is -3.12. The Morgan fingerprint density at radius 2 is 2.06 bits per heavy atom. The molecule has 18 heavy (non-hydrogen) atoms. The smallest absolute Gasteiger partial charge is 0.323 e. The Kier molecular flexibility index (Phi) is 4.78. The highest BCUT2D eigenvalue weighted by Crippen LogP contribution is 2.28. The quantitative estimate of drug-likeness (QED) is 0.762. The molecule has 1 aliphatic carbocycles. The molecule has 3 unspecified atom stereocenters. The van der Waals surface area contributed by atoms with Crippen LogP contribution in [0.15, 0.2) is 0 Å². The summed E-state index contributed by atoms with van der Waals surface area (Å²) in [6, 6.07) is -0.243. The Morgan fingerprint density at radius 1 is 1.44 bits per heavy atom. The fraction of sp³-hybridized carbons (Fsp3) is 0.917. The van der Waals surface area contributed by atoms with Crippen LogP contribution in [0.4, 0.5) is 0 Å². The van der Waals surface area contributed by atoms with Crippen molar-refractivity contribution in [2.75, 3.05) is 6.26 Å². The van der Waals surface area contributed by atoms with E-state index in [1.807, 2.05) is 6.92 Å². The van der Waals surface area contributed by atoms with E-state index < -0.39 is 26.6 Å². The van der Waals surface area contributed by atoms with Crippen LogP contribution in [0.1, 0.15) is 46.0 Å². The molecule has 106 valence electrons. The van der Waals surface area contributed by atoms with Crippen molar-refractivity contribution in [3.05, 3.63) is 0 Å². The molecule has 1 saturated carbocycles. The van der Waals surface area contributed by atoms with Crippen molar-refractivity contribution in [2.24, 2.45) is 0 Å². The SMILES string of the molecule is CCCC(C)(NC1CCCC1S(C)(=O)=O)C(=O)O. The average Bonchev–Trinajstić information content (AvgIpc) is 2.65. The van der Waals surface area contributed by atoms with Gasteiger partial charge in [0.15, 0.2) is 9.84 Å². The average molecular weight is 277 g/mol. The number of carboxylic acids is 1. The van der Waals surface area contributed by atoms with E-state index in [1.54, 1.807) is 6.92 Å². The monoisotopic (exact) mass is 277 g/mol. The van der Waals surface area contributed by atoms with Crippen LogP contribution in [0.3, 0.4) is 0 Å². The topological polar surface area (TPSA) is 83.5 Å². The lowest BCUT2D eigenvalue weighted by atomic mass is 9.94. The number of aliphatic carboxylic acids is 1. The molecule has 5 nitrogen and oxygen atoms in total. The highest BCUT2D eigenvalue weighted by molar-refractivity contribution is 7.91. The van der Waals surface area contributed by atoms with Gasteiger partial charge in [0.25, 0.3) is 0 Å². The van der Waals surface area contributed by atoms with Gasteiger partial charge < -0.3 is 5.11 Å². The van der Waals surface area contributed by atoms with Crippen LogP contribution in [0.25, 0.3) is 0 Å². The van der Waals surface area contributed by atoms with Crippen molar-refractivity contribution in [1.29, 1.82) is 0 Å². The first-order chi connectivity index (χ1) is 8.20. The maximum absolute atomic E-state index is 11.7. The first-order valence-electron chi connectivity index (χ1n) is 6.40. The van der Waals surface area contributed by atoms with E-state index in [9.17, 15) is 18.3 Å². The second-order valence-corrected chi connectivity index (χ2v) is 7.70. The maximum atomic E-state index is 11.7. The fourth-order valence-electron chi connectivity index (χ4n) is 2.75. The summed E-state index contributed by atoms with van der Waals surface area (Å²) in [5.41, 5.74) is -1.04. The van der Waals surface area contributed by atoms with Crippen molar-refractivity contribution in [2.45, 2.75) is 62.8 Å². The molecular formula is C12H23NO4S. The third-order valence-corrected chi connectivity index (χ3v) is 5.39. The lowest BCUT2D eigenvalue weighted by Gasteiger charge is -2.32. The van der Waals surface area contributed by atoms with E-state index in [0.717, 1.165) is 19.3 Å². The molecule has 1 rings (SSSR count). The molecule has 0 saturated heterocycles. The van der Waals surface area contributed by atoms with Crippen LogP contribution >= 0.6 is 0 Å². The molecule has 3 atom stereocenters. The Morgan fingerprint density at radius 3 is 2.50 bits per heavy atom. The largest absolute Gasteiger partial charge is 0.480 e. The molecule has 0 aromatic heterocycles. The third-order valence-electron chi connectivity index (χ3n) is 3.73. The summed E-state index contributed by atoms with van der Waals surface area (Å²) >= 11 is 0. The standard InChI is InChI=1S/C12H23NO4S/c1-4-8-12(2,11(14)15)13-9-6-5-7-10(9)18(3,16)17/h9-10,13H,4-8H2,1-3H3,(H,14,15). The molecule has 1 aliphatic rings. The van der Waals surface area contributed by atoms with Gasteiger partial charge in [-0.2, -0.15) is 0 Å². The molecule has 0 bridgehead atoms. The Balaban J connectivity index is 2.84. The van der Waals surface area contributed by atoms with E-state index in [4.69, 9.17) is 0 Å². The Hall–Kier alpha value is -0.620. The molecule has 2 N–H and O–H groups in total. The number of rotatable bonds is 6. The summed E-state index contributed by atoms with van der Waals surface area (Å²) in [6.07, 6.45) is 4.65. The van der Waals surface area contributed by atoms with E-state index in [0.29, 0.717) is 12.8 Å². The van der Waals surface area contributed by atoms with Crippen molar-refractivity contribution >= 4 is 15.8 Å². The van der Waals surface area contributed by atoms with E-state index in [2.05, 4.69) is 5.32 Å². The molecule has 0 aromatic carbocycles. The van der Waals surface area contributed by atoms with Gasteiger partial charge in [-0.15, -0.1) is 0 Å². The normalized spacial score (nSPS) is 27.9. The van der Waals surface area contributed by atoms with Crippen molar-refractivity contribution in [1.82, 2.24) is 5.32 Å². The third kappa shape index (κ3) is 3.45. The summed E-state index contributed by atoms with van der Waals surface area (Å²) in [4.78, 5) is 11.3. The number of sulfone groups is 1.